The number of nitrogens with one attached hydrogen (secondary N) is 1. The molecule has 1 aliphatic rings. The lowest BCUT2D eigenvalue weighted by molar-refractivity contribution is 0.588. The Balaban J connectivity index is 2.16. The van der Waals surface area contributed by atoms with Crippen LogP contribution in [0.3, 0.4) is 0 Å². The van der Waals surface area contributed by atoms with Gasteiger partial charge in [0.2, 0.25) is 0 Å². The van der Waals surface area contributed by atoms with Gasteiger partial charge in [0.1, 0.15) is 0 Å². The van der Waals surface area contributed by atoms with Crippen LogP contribution in [0, 0.1) is 0 Å². The van der Waals surface area contributed by atoms with E-state index < -0.39 is 0 Å². The topological polar surface area (TPSA) is 15.3 Å². The van der Waals surface area contributed by atoms with E-state index in [-0.39, 0.29) is 0 Å². The zero-order chi connectivity index (χ0) is 13.0. The van der Waals surface area contributed by atoms with Crippen molar-refractivity contribution in [2.45, 2.75) is 26.4 Å². The predicted molar refractivity (Wildman–Crippen MR) is 85.7 cm³/mol. The van der Waals surface area contributed by atoms with Crippen LogP contribution in [0.1, 0.15) is 19.4 Å². The lowest BCUT2D eigenvalue weighted by Crippen LogP contribution is -2.34. The molecule has 2 rings (SSSR count). The van der Waals surface area contributed by atoms with Crippen molar-refractivity contribution in [2.24, 2.45) is 0 Å². The maximum atomic E-state index is 3.58. The Morgan fingerprint density at radius 3 is 2.72 bits per heavy atom. The first-order chi connectivity index (χ1) is 8.66. The van der Waals surface area contributed by atoms with Crippen molar-refractivity contribution < 1.29 is 0 Å². The quantitative estimate of drug-likeness (QED) is 0.910. The Morgan fingerprint density at radius 2 is 2.06 bits per heavy atom. The van der Waals surface area contributed by atoms with Crippen LogP contribution in [0.25, 0.3) is 0 Å². The highest BCUT2D eigenvalue weighted by molar-refractivity contribution is 9.10. The molecule has 0 bridgehead atoms. The lowest BCUT2D eigenvalue weighted by atomic mass is 10.1. The summed E-state index contributed by atoms with van der Waals surface area (Å²) in [5.41, 5.74) is 2.79. The van der Waals surface area contributed by atoms with E-state index >= 15 is 0 Å². The van der Waals surface area contributed by atoms with Gasteiger partial charge in [-0.15, -0.1) is 0 Å². The van der Waals surface area contributed by atoms with E-state index in [0.29, 0.717) is 6.04 Å². The molecule has 1 saturated heterocycles. The minimum atomic E-state index is 0.522. The molecule has 1 aliphatic heterocycles. The van der Waals surface area contributed by atoms with E-state index in [9.17, 15) is 0 Å². The number of benzene rings is 1. The molecule has 0 aliphatic carbocycles. The average molecular weight is 329 g/mol. The first-order valence-corrected chi connectivity index (χ1v) is 8.46. The molecule has 0 aromatic heterocycles. The van der Waals surface area contributed by atoms with Gasteiger partial charge >= 0.3 is 0 Å². The van der Waals surface area contributed by atoms with Crippen molar-refractivity contribution >= 4 is 33.4 Å². The summed E-state index contributed by atoms with van der Waals surface area (Å²) in [4.78, 5) is 2.51. The van der Waals surface area contributed by atoms with Crippen molar-refractivity contribution in [3.05, 3.63) is 28.2 Å². The molecule has 0 amide bonds. The van der Waals surface area contributed by atoms with Gasteiger partial charge in [-0.25, -0.2) is 0 Å². The van der Waals surface area contributed by atoms with Crippen molar-refractivity contribution in [3.8, 4) is 0 Å². The lowest BCUT2D eigenvalue weighted by Gasteiger charge is -2.30. The first-order valence-electron chi connectivity index (χ1n) is 6.51. The number of hydrogen-bond donors (Lipinski definition) is 1. The first kappa shape index (κ1) is 14.2. The Hall–Kier alpha value is -0.190. The van der Waals surface area contributed by atoms with Crippen LogP contribution in [0.2, 0.25) is 0 Å². The molecular weight excluding hydrogens is 308 g/mol. The van der Waals surface area contributed by atoms with Crippen LogP contribution in [0.5, 0.6) is 0 Å². The number of rotatable bonds is 4. The minimum absolute atomic E-state index is 0.522. The van der Waals surface area contributed by atoms with Crippen LogP contribution in [-0.2, 0) is 6.54 Å². The largest absolute Gasteiger partial charge is 0.370 e. The van der Waals surface area contributed by atoms with Gasteiger partial charge in [0.05, 0.1) is 0 Å². The highest BCUT2D eigenvalue weighted by Crippen LogP contribution is 2.27. The Kier molecular flexibility index (Phi) is 5.39. The van der Waals surface area contributed by atoms with Gasteiger partial charge in [-0.1, -0.05) is 29.8 Å². The van der Waals surface area contributed by atoms with Gasteiger partial charge in [-0.2, -0.15) is 11.8 Å². The van der Waals surface area contributed by atoms with Crippen molar-refractivity contribution in [3.63, 3.8) is 0 Å². The molecule has 0 unspecified atom stereocenters. The molecule has 1 aromatic rings. The monoisotopic (exact) mass is 328 g/mol. The highest BCUT2D eigenvalue weighted by Gasteiger charge is 2.14. The van der Waals surface area contributed by atoms with E-state index in [1.165, 1.54) is 35.8 Å². The molecule has 4 heteroatoms. The minimum Gasteiger partial charge on any atom is -0.370 e. The molecule has 0 atom stereocenters. The molecule has 100 valence electrons. The summed E-state index contributed by atoms with van der Waals surface area (Å²) in [6.07, 6.45) is 0. The Morgan fingerprint density at radius 1 is 1.33 bits per heavy atom. The summed E-state index contributed by atoms with van der Waals surface area (Å²) in [5.74, 6) is 2.49. The average Bonchev–Trinajstić information content (AvgIpc) is 2.37. The van der Waals surface area contributed by atoms with Crippen molar-refractivity contribution in [2.75, 3.05) is 29.5 Å². The van der Waals surface area contributed by atoms with Gasteiger partial charge in [-0.3, -0.25) is 0 Å². The van der Waals surface area contributed by atoms with Crippen LogP contribution in [0.15, 0.2) is 22.7 Å². The van der Waals surface area contributed by atoms with E-state index in [2.05, 4.69) is 70.0 Å². The predicted octanol–water partition coefficient (Wildman–Crippen LogP) is 3.50. The zero-order valence-electron chi connectivity index (χ0n) is 11.1. The summed E-state index contributed by atoms with van der Waals surface area (Å²) in [7, 11) is 0. The maximum Gasteiger partial charge on any atom is 0.0413 e. The third-order valence-corrected chi connectivity index (χ3v) is 4.53. The second-order valence-corrected chi connectivity index (χ2v) is 7.05. The Bertz CT molecular complexity index is 389. The number of hydrogen-bond acceptors (Lipinski definition) is 3. The summed E-state index contributed by atoms with van der Waals surface area (Å²) in [5, 5.41) is 3.52. The fourth-order valence-electron chi connectivity index (χ4n) is 2.12. The molecule has 18 heavy (non-hydrogen) atoms. The molecule has 0 saturated carbocycles. The second-order valence-electron chi connectivity index (χ2n) is 4.91. The maximum absolute atomic E-state index is 3.58. The van der Waals surface area contributed by atoms with Crippen molar-refractivity contribution in [1.29, 1.82) is 0 Å². The standard InChI is InChI=1S/C14H21BrN2S/c1-11(2)16-10-12-9-13(15)3-4-14(12)17-5-7-18-8-6-17/h3-4,9,11,16H,5-8,10H2,1-2H3. The number of nitrogens with zero attached hydrogens (tertiary/aromatic N) is 1. The number of thioether (sulfide) groups is 1. The van der Waals surface area contributed by atoms with Crippen LogP contribution < -0.4 is 10.2 Å². The molecule has 0 radical (unpaired) electrons. The summed E-state index contributed by atoms with van der Waals surface area (Å²) in [6, 6.07) is 7.16. The third-order valence-electron chi connectivity index (χ3n) is 3.09. The second kappa shape index (κ2) is 6.83. The van der Waals surface area contributed by atoms with Crippen LogP contribution >= 0.6 is 27.7 Å². The molecule has 1 N–H and O–H groups in total. The molecular formula is C14H21BrN2S. The van der Waals surface area contributed by atoms with Crippen LogP contribution in [0.4, 0.5) is 5.69 Å². The SMILES string of the molecule is CC(C)NCc1cc(Br)ccc1N1CCSCC1. The van der Waals surface area contributed by atoms with E-state index in [0.717, 1.165) is 11.0 Å². The fraction of sp³-hybridized carbons (Fsp3) is 0.571. The van der Waals surface area contributed by atoms with Crippen molar-refractivity contribution in [1.82, 2.24) is 5.32 Å². The summed E-state index contributed by atoms with van der Waals surface area (Å²) < 4.78 is 1.16. The zero-order valence-corrected chi connectivity index (χ0v) is 13.5. The number of anilines is 1. The fourth-order valence-corrected chi connectivity index (χ4v) is 3.43. The number of halogens is 1. The molecule has 1 aromatic carbocycles. The molecule has 0 spiro atoms. The van der Waals surface area contributed by atoms with Gasteiger partial charge in [-0.05, 0) is 23.8 Å². The van der Waals surface area contributed by atoms with E-state index in [4.69, 9.17) is 0 Å². The smallest absolute Gasteiger partial charge is 0.0413 e. The third kappa shape index (κ3) is 3.90. The van der Waals surface area contributed by atoms with E-state index in [1.807, 2.05) is 0 Å². The van der Waals surface area contributed by atoms with Gasteiger partial charge < -0.3 is 10.2 Å². The molecule has 1 heterocycles. The van der Waals surface area contributed by atoms with Gasteiger partial charge in [0.15, 0.2) is 0 Å². The normalized spacial score (nSPS) is 16.3. The summed E-state index contributed by atoms with van der Waals surface area (Å²) in [6.45, 7) is 7.66. The summed E-state index contributed by atoms with van der Waals surface area (Å²) >= 11 is 5.63. The van der Waals surface area contributed by atoms with E-state index in [1.54, 1.807) is 0 Å². The molecule has 2 nitrogen and oxygen atoms in total. The van der Waals surface area contributed by atoms with Crippen LogP contribution in [-0.4, -0.2) is 30.6 Å². The Labute approximate surface area is 123 Å². The van der Waals surface area contributed by atoms with Gasteiger partial charge in [0.25, 0.3) is 0 Å². The van der Waals surface area contributed by atoms with Gasteiger partial charge in [0, 0.05) is 47.3 Å². The highest BCUT2D eigenvalue weighted by atomic mass is 79.9. The molecule has 1 fully saturated rings.